The molecule has 0 bridgehead atoms. The first-order chi connectivity index (χ1) is 16.1. The van der Waals surface area contributed by atoms with Crippen LogP contribution in [0, 0.1) is 17.0 Å². The zero-order chi connectivity index (χ0) is 25.3. The van der Waals surface area contributed by atoms with E-state index in [9.17, 15) is 29.3 Å². The molecule has 0 radical (unpaired) electrons. The molecule has 0 saturated heterocycles. The maximum atomic E-state index is 12.5. The summed E-state index contributed by atoms with van der Waals surface area (Å²) in [7, 11) is 0. The van der Waals surface area contributed by atoms with Crippen LogP contribution in [0.15, 0.2) is 36.4 Å². The van der Waals surface area contributed by atoms with Crippen LogP contribution in [0.4, 0.5) is 5.69 Å². The fraction of sp³-hybridized carbons (Fsp3) is 0.417. The summed E-state index contributed by atoms with van der Waals surface area (Å²) in [4.78, 5) is 61.5. The van der Waals surface area contributed by atoms with Crippen LogP contribution in [0.25, 0.3) is 0 Å². The van der Waals surface area contributed by atoms with E-state index in [1.165, 1.54) is 29.5 Å². The van der Waals surface area contributed by atoms with E-state index in [0.29, 0.717) is 4.88 Å². The highest BCUT2D eigenvalue weighted by molar-refractivity contribution is 7.14. The van der Waals surface area contributed by atoms with E-state index in [-0.39, 0.29) is 61.0 Å². The van der Waals surface area contributed by atoms with Crippen molar-refractivity contribution in [2.45, 2.75) is 65.0 Å². The average Bonchev–Trinajstić information content (AvgIpc) is 3.21. The molecule has 2 rings (SSSR count). The van der Waals surface area contributed by atoms with Gasteiger partial charge in [-0.25, -0.2) is 0 Å². The van der Waals surface area contributed by atoms with Crippen molar-refractivity contribution < 1.29 is 28.8 Å². The number of amides is 1. The lowest BCUT2D eigenvalue weighted by molar-refractivity contribution is -0.385. The van der Waals surface area contributed by atoms with E-state index < -0.39 is 22.8 Å². The standard InChI is InChI=1S/C24H28N2O7S/c1-15(2)33-24(30)14-19(18-6-4-5-7-20(18)26(31)32)25-23(29)13-10-17(27)9-11-21(28)22-12-8-16(3)34-22/h4-8,12,15,19H,9-11,13-14H2,1-3H3,(H,25,29). The Morgan fingerprint density at radius 3 is 2.32 bits per heavy atom. The van der Waals surface area contributed by atoms with E-state index in [0.717, 1.165) is 4.88 Å². The van der Waals surface area contributed by atoms with Gasteiger partial charge in [0, 0.05) is 36.6 Å². The number of nitro benzene ring substituents is 1. The zero-order valence-electron chi connectivity index (χ0n) is 19.4. The molecule has 1 N–H and O–H groups in total. The minimum atomic E-state index is -0.987. The van der Waals surface area contributed by atoms with Gasteiger partial charge in [-0.1, -0.05) is 18.2 Å². The highest BCUT2D eigenvalue weighted by Gasteiger charge is 2.26. The second-order valence-electron chi connectivity index (χ2n) is 8.05. The van der Waals surface area contributed by atoms with Crippen LogP contribution in [0.1, 0.15) is 72.1 Å². The maximum Gasteiger partial charge on any atom is 0.308 e. The van der Waals surface area contributed by atoms with Crippen molar-refractivity contribution >= 4 is 40.5 Å². The molecule has 10 heteroatoms. The van der Waals surface area contributed by atoms with Gasteiger partial charge in [0.1, 0.15) is 5.78 Å². The monoisotopic (exact) mass is 488 g/mol. The number of nitrogens with one attached hydrogen (secondary N) is 1. The number of benzene rings is 1. The molecule has 0 saturated carbocycles. The predicted molar refractivity (Wildman–Crippen MR) is 127 cm³/mol. The van der Waals surface area contributed by atoms with E-state index in [1.54, 1.807) is 26.0 Å². The molecule has 1 unspecified atom stereocenters. The normalized spacial score (nSPS) is 11.6. The number of aryl methyl sites for hydroxylation is 1. The van der Waals surface area contributed by atoms with Gasteiger partial charge in [0.15, 0.2) is 5.78 Å². The van der Waals surface area contributed by atoms with E-state index in [4.69, 9.17) is 4.74 Å². The number of esters is 1. The molecule has 0 spiro atoms. The topological polar surface area (TPSA) is 133 Å². The predicted octanol–water partition coefficient (Wildman–Crippen LogP) is 4.48. The summed E-state index contributed by atoms with van der Waals surface area (Å²) in [5.74, 6) is -1.50. The van der Waals surface area contributed by atoms with Gasteiger partial charge >= 0.3 is 5.97 Å². The number of hydrogen-bond acceptors (Lipinski definition) is 8. The third kappa shape index (κ3) is 8.51. The van der Waals surface area contributed by atoms with Crippen molar-refractivity contribution in [1.82, 2.24) is 5.32 Å². The lowest BCUT2D eigenvalue weighted by Crippen LogP contribution is -2.31. The number of nitrogens with zero attached hydrogens (tertiary/aromatic N) is 1. The Morgan fingerprint density at radius 1 is 1.03 bits per heavy atom. The fourth-order valence-corrected chi connectivity index (χ4v) is 4.10. The Hall–Kier alpha value is -3.40. The average molecular weight is 489 g/mol. The second-order valence-corrected chi connectivity index (χ2v) is 9.34. The molecule has 1 aromatic heterocycles. The van der Waals surface area contributed by atoms with Gasteiger partial charge in [-0.05, 0) is 32.9 Å². The molecule has 9 nitrogen and oxygen atoms in total. The number of thiophene rings is 1. The summed E-state index contributed by atoms with van der Waals surface area (Å²) < 4.78 is 5.13. The van der Waals surface area contributed by atoms with E-state index >= 15 is 0 Å². The molecule has 1 heterocycles. The second kappa shape index (κ2) is 12.7. The minimum Gasteiger partial charge on any atom is -0.463 e. The van der Waals surface area contributed by atoms with E-state index in [2.05, 4.69) is 5.32 Å². The van der Waals surface area contributed by atoms with Gasteiger partial charge in [0.25, 0.3) is 5.69 Å². The maximum absolute atomic E-state index is 12.5. The van der Waals surface area contributed by atoms with Crippen molar-refractivity contribution in [3.63, 3.8) is 0 Å². The Morgan fingerprint density at radius 2 is 1.71 bits per heavy atom. The molecule has 0 aliphatic rings. The van der Waals surface area contributed by atoms with Crippen molar-refractivity contribution in [3.05, 3.63) is 61.8 Å². The molecule has 0 aliphatic carbocycles. The Balaban J connectivity index is 1.97. The number of hydrogen-bond donors (Lipinski definition) is 1. The first kappa shape index (κ1) is 26.8. The van der Waals surface area contributed by atoms with Crippen LogP contribution < -0.4 is 5.32 Å². The third-order valence-electron chi connectivity index (χ3n) is 4.86. The summed E-state index contributed by atoms with van der Waals surface area (Å²) in [6, 6.07) is 8.41. The first-order valence-electron chi connectivity index (χ1n) is 10.9. The zero-order valence-corrected chi connectivity index (χ0v) is 20.2. The lowest BCUT2D eigenvalue weighted by Gasteiger charge is -2.19. The van der Waals surface area contributed by atoms with Crippen LogP contribution in [-0.4, -0.2) is 34.5 Å². The number of nitro groups is 1. The highest BCUT2D eigenvalue weighted by Crippen LogP contribution is 2.28. The van der Waals surface area contributed by atoms with Crippen LogP contribution in [0.3, 0.4) is 0 Å². The van der Waals surface area contributed by atoms with Crippen LogP contribution >= 0.6 is 11.3 Å². The van der Waals surface area contributed by atoms with Crippen molar-refractivity contribution in [3.8, 4) is 0 Å². The molecule has 0 fully saturated rings. The molecule has 2 aromatic rings. The van der Waals surface area contributed by atoms with Gasteiger partial charge in [-0.15, -0.1) is 11.3 Å². The van der Waals surface area contributed by atoms with Gasteiger partial charge < -0.3 is 10.1 Å². The van der Waals surface area contributed by atoms with Gasteiger partial charge in [-0.3, -0.25) is 29.3 Å². The number of carbonyl (C=O) groups excluding carboxylic acids is 4. The number of rotatable bonds is 13. The summed E-state index contributed by atoms with van der Waals surface area (Å²) in [6.45, 7) is 5.24. The molecule has 1 aromatic carbocycles. The molecule has 182 valence electrons. The van der Waals surface area contributed by atoms with Gasteiger partial charge in [-0.2, -0.15) is 0 Å². The van der Waals surface area contributed by atoms with Gasteiger partial charge in [0.2, 0.25) is 5.91 Å². The fourth-order valence-electron chi connectivity index (χ4n) is 3.27. The number of para-hydroxylation sites is 1. The summed E-state index contributed by atoms with van der Waals surface area (Å²) in [5.41, 5.74) is -0.0618. The SMILES string of the molecule is Cc1ccc(C(=O)CCC(=O)CCC(=O)NC(CC(=O)OC(C)C)c2ccccc2[N+](=O)[O-])s1. The number of carbonyl (C=O) groups is 4. The first-order valence-corrected chi connectivity index (χ1v) is 11.7. The third-order valence-corrected chi connectivity index (χ3v) is 5.90. The summed E-state index contributed by atoms with van der Waals surface area (Å²) in [6.07, 6.45) is -0.827. The van der Waals surface area contributed by atoms with Crippen LogP contribution in [0.5, 0.6) is 0 Å². The van der Waals surface area contributed by atoms with Crippen molar-refractivity contribution in [1.29, 1.82) is 0 Å². The highest BCUT2D eigenvalue weighted by atomic mass is 32.1. The summed E-state index contributed by atoms with van der Waals surface area (Å²) in [5, 5.41) is 14.0. The van der Waals surface area contributed by atoms with Gasteiger partial charge in [0.05, 0.1) is 33.9 Å². The molecule has 0 aliphatic heterocycles. The smallest absolute Gasteiger partial charge is 0.308 e. The number of ether oxygens (including phenoxy) is 1. The molecule has 34 heavy (non-hydrogen) atoms. The van der Waals surface area contributed by atoms with Crippen LogP contribution in [0.2, 0.25) is 0 Å². The lowest BCUT2D eigenvalue weighted by atomic mass is 10.0. The Bertz CT molecular complexity index is 1060. The molecule has 1 atom stereocenters. The van der Waals surface area contributed by atoms with E-state index in [1.807, 2.05) is 13.0 Å². The Kier molecular flexibility index (Phi) is 10.1. The molecule has 1 amide bonds. The Labute approximate surface area is 201 Å². The number of Topliss-reactive ketones (excluding diaryl/α,β-unsaturated/α-hetero) is 2. The van der Waals surface area contributed by atoms with Crippen molar-refractivity contribution in [2.24, 2.45) is 0 Å². The molecular weight excluding hydrogens is 460 g/mol. The molecular formula is C24H28N2O7S. The van der Waals surface area contributed by atoms with Crippen LogP contribution in [-0.2, 0) is 19.1 Å². The number of ketones is 2. The minimum absolute atomic E-state index is 0.0252. The largest absolute Gasteiger partial charge is 0.463 e. The van der Waals surface area contributed by atoms with Crippen molar-refractivity contribution in [2.75, 3.05) is 0 Å². The summed E-state index contributed by atoms with van der Waals surface area (Å²) >= 11 is 1.37. The quantitative estimate of drug-likeness (QED) is 0.190.